The summed E-state index contributed by atoms with van der Waals surface area (Å²) in [5.74, 6) is 0. The summed E-state index contributed by atoms with van der Waals surface area (Å²) in [5, 5.41) is 3.23. The molecule has 1 N–H and O–H groups in total. The molecule has 22 heavy (non-hydrogen) atoms. The Morgan fingerprint density at radius 2 is 1.82 bits per heavy atom. The lowest BCUT2D eigenvalue weighted by molar-refractivity contribution is -0.137. The van der Waals surface area contributed by atoms with E-state index in [0.29, 0.717) is 10.0 Å². The molecule has 1 aliphatic heterocycles. The maximum absolute atomic E-state index is 12.8. The molecule has 2 rings (SSSR count). The van der Waals surface area contributed by atoms with Gasteiger partial charge >= 0.3 is 6.18 Å². The Morgan fingerprint density at radius 1 is 1.23 bits per heavy atom. The molecule has 0 aromatic heterocycles. The van der Waals surface area contributed by atoms with Crippen LogP contribution >= 0.6 is 40.7 Å². The average molecular weight is 422 g/mol. The van der Waals surface area contributed by atoms with E-state index in [9.17, 15) is 13.2 Å². The second-order valence-electron chi connectivity index (χ2n) is 4.70. The first-order chi connectivity index (χ1) is 9.43. The topological polar surface area (TPSA) is 15.3 Å². The fourth-order valence-electron chi connectivity index (χ4n) is 2.38. The summed E-state index contributed by atoms with van der Waals surface area (Å²) < 4.78 is 39.2. The standard InChI is InChI=1S/C14H16BrF3N2.2ClH/c1-2-13(20-7-5-19-6-8-20)11-9-10(14(16,17)18)3-4-12(11)15;;/h2-4,9,13,19H,1,5-8H2;2*1H/t13-;;/m0../s1. The number of alkyl halides is 3. The molecule has 0 unspecified atom stereocenters. The van der Waals surface area contributed by atoms with Crippen molar-refractivity contribution in [3.63, 3.8) is 0 Å². The first-order valence-corrected chi connectivity index (χ1v) is 7.16. The number of nitrogens with one attached hydrogen (secondary N) is 1. The van der Waals surface area contributed by atoms with E-state index in [1.807, 2.05) is 0 Å². The number of halogens is 6. The Labute approximate surface area is 149 Å². The molecule has 1 aliphatic rings. The Morgan fingerprint density at radius 3 is 2.32 bits per heavy atom. The fourth-order valence-corrected chi connectivity index (χ4v) is 2.86. The second-order valence-corrected chi connectivity index (χ2v) is 5.55. The predicted octanol–water partition coefficient (Wildman–Crippen LogP) is 4.44. The number of nitrogens with zero attached hydrogens (tertiary/aromatic N) is 1. The highest BCUT2D eigenvalue weighted by atomic mass is 79.9. The molecule has 126 valence electrons. The van der Waals surface area contributed by atoms with Crippen LogP contribution in [-0.2, 0) is 6.18 Å². The lowest BCUT2D eigenvalue weighted by Crippen LogP contribution is -2.44. The van der Waals surface area contributed by atoms with Crippen LogP contribution < -0.4 is 5.32 Å². The summed E-state index contributed by atoms with van der Waals surface area (Å²) in [4.78, 5) is 2.13. The van der Waals surface area contributed by atoms with E-state index in [-0.39, 0.29) is 30.9 Å². The highest BCUT2D eigenvalue weighted by Crippen LogP contribution is 2.35. The van der Waals surface area contributed by atoms with Crippen molar-refractivity contribution in [3.05, 3.63) is 46.5 Å². The number of rotatable bonds is 3. The molecule has 0 bridgehead atoms. The van der Waals surface area contributed by atoms with Gasteiger partial charge in [-0.05, 0) is 23.8 Å². The van der Waals surface area contributed by atoms with Gasteiger partial charge in [-0.3, -0.25) is 4.90 Å². The summed E-state index contributed by atoms with van der Waals surface area (Å²) in [6, 6.07) is 3.54. The molecule has 0 aliphatic carbocycles. The van der Waals surface area contributed by atoms with Crippen LogP contribution in [0, 0.1) is 0 Å². The van der Waals surface area contributed by atoms with E-state index in [0.717, 1.165) is 32.2 Å². The maximum Gasteiger partial charge on any atom is 0.416 e. The monoisotopic (exact) mass is 420 g/mol. The molecule has 1 aromatic rings. The molecule has 0 spiro atoms. The third-order valence-electron chi connectivity index (χ3n) is 3.41. The third kappa shape index (κ3) is 5.13. The Balaban J connectivity index is 0.00000220. The second kappa shape index (κ2) is 9.13. The summed E-state index contributed by atoms with van der Waals surface area (Å²) in [6.07, 6.45) is -2.63. The molecule has 1 heterocycles. The predicted molar refractivity (Wildman–Crippen MR) is 91.0 cm³/mol. The molecule has 1 saturated heterocycles. The lowest BCUT2D eigenvalue weighted by Gasteiger charge is -2.34. The fraction of sp³-hybridized carbons (Fsp3) is 0.429. The Bertz CT molecular complexity index is 491. The highest BCUT2D eigenvalue weighted by molar-refractivity contribution is 9.10. The molecule has 0 radical (unpaired) electrons. The summed E-state index contributed by atoms with van der Waals surface area (Å²) in [6.45, 7) is 7.03. The first kappa shape index (κ1) is 21.7. The zero-order valence-corrected chi connectivity index (χ0v) is 14.9. The summed E-state index contributed by atoms with van der Waals surface area (Å²) in [5.41, 5.74) is -0.0191. The van der Waals surface area contributed by atoms with Gasteiger partial charge in [0.05, 0.1) is 11.6 Å². The molecule has 0 saturated carbocycles. The van der Waals surface area contributed by atoms with Gasteiger partial charge in [0.2, 0.25) is 0 Å². The van der Waals surface area contributed by atoms with E-state index in [2.05, 4.69) is 32.7 Å². The Hall–Kier alpha value is -0.270. The normalized spacial score (nSPS) is 17.1. The van der Waals surface area contributed by atoms with Crippen molar-refractivity contribution in [2.75, 3.05) is 26.2 Å². The average Bonchev–Trinajstić information content (AvgIpc) is 2.41. The molecule has 2 nitrogen and oxygen atoms in total. The van der Waals surface area contributed by atoms with E-state index in [4.69, 9.17) is 0 Å². The van der Waals surface area contributed by atoms with E-state index < -0.39 is 11.7 Å². The zero-order valence-electron chi connectivity index (χ0n) is 11.7. The van der Waals surface area contributed by atoms with Gasteiger partial charge in [-0.15, -0.1) is 31.4 Å². The van der Waals surface area contributed by atoms with E-state index in [1.54, 1.807) is 6.08 Å². The van der Waals surface area contributed by atoms with Crippen LogP contribution in [0.1, 0.15) is 17.2 Å². The van der Waals surface area contributed by atoms with Gasteiger partial charge in [0.15, 0.2) is 0 Å². The van der Waals surface area contributed by atoms with Crippen molar-refractivity contribution in [1.82, 2.24) is 10.2 Å². The summed E-state index contributed by atoms with van der Waals surface area (Å²) >= 11 is 3.35. The van der Waals surface area contributed by atoms with Gasteiger partial charge < -0.3 is 5.32 Å². The van der Waals surface area contributed by atoms with Crippen LogP contribution in [-0.4, -0.2) is 31.1 Å². The van der Waals surface area contributed by atoms with Gasteiger partial charge in [0.25, 0.3) is 0 Å². The van der Waals surface area contributed by atoms with Gasteiger partial charge in [0.1, 0.15) is 0 Å². The van der Waals surface area contributed by atoms with Crippen molar-refractivity contribution in [2.45, 2.75) is 12.2 Å². The quantitative estimate of drug-likeness (QED) is 0.725. The van der Waals surface area contributed by atoms with Crippen molar-refractivity contribution in [3.8, 4) is 0 Å². The molecule has 1 atom stereocenters. The lowest BCUT2D eigenvalue weighted by atomic mass is 10.0. The highest BCUT2D eigenvalue weighted by Gasteiger charge is 2.32. The van der Waals surface area contributed by atoms with Gasteiger partial charge in [-0.1, -0.05) is 22.0 Å². The van der Waals surface area contributed by atoms with Gasteiger partial charge in [-0.2, -0.15) is 13.2 Å². The molecular weight excluding hydrogens is 404 g/mol. The minimum atomic E-state index is -4.33. The first-order valence-electron chi connectivity index (χ1n) is 6.37. The molecule has 8 heteroatoms. The van der Waals surface area contributed by atoms with Crippen LogP contribution in [0.2, 0.25) is 0 Å². The Kier molecular flexibility index (Phi) is 9.02. The van der Waals surface area contributed by atoms with E-state index in [1.165, 1.54) is 12.1 Å². The van der Waals surface area contributed by atoms with Crippen molar-refractivity contribution in [2.24, 2.45) is 0 Å². The number of hydrogen-bond donors (Lipinski definition) is 1. The smallest absolute Gasteiger partial charge is 0.314 e. The van der Waals surface area contributed by atoms with Crippen LogP contribution in [0.15, 0.2) is 35.3 Å². The SMILES string of the molecule is C=C[C@@H](c1cc(C(F)(F)F)ccc1Br)N1CCNCC1.Cl.Cl. The molecule has 1 fully saturated rings. The largest absolute Gasteiger partial charge is 0.416 e. The van der Waals surface area contributed by atoms with Crippen molar-refractivity contribution >= 4 is 40.7 Å². The minimum absolute atomic E-state index is 0. The zero-order chi connectivity index (χ0) is 14.8. The van der Waals surface area contributed by atoms with Crippen LogP contribution in [0.5, 0.6) is 0 Å². The van der Waals surface area contributed by atoms with E-state index >= 15 is 0 Å². The van der Waals surface area contributed by atoms with Gasteiger partial charge in [-0.25, -0.2) is 0 Å². The minimum Gasteiger partial charge on any atom is -0.314 e. The van der Waals surface area contributed by atoms with Crippen molar-refractivity contribution in [1.29, 1.82) is 0 Å². The molecule has 1 aromatic carbocycles. The number of piperazine rings is 1. The van der Waals surface area contributed by atoms with Crippen LogP contribution in [0.25, 0.3) is 0 Å². The summed E-state index contributed by atoms with van der Waals surface area (Å²) in [7, 11) is 0. The molecule has 0 amide bonds. The van der Waals surface area contributed by atoms with Crippen molar-refractivity contribution < 1.29 is 13.2 Å². The maximum atomic E-state index is 12.8. The van der Waals surface area contributed by atoms with Crippen LogP contribution in [0.3, 0.4) is 0 Å². The number of benzene rings is 1. The van der Waals surface area contributed by atoms with Crippen LogP contribution in [0.4, 0.5) is 13.2 Å². The van der Waals surface area contributed by atoms with Gasteiger partial charge in [0, 0.05) is 30.7 Å². The molecular formula is C14H18BrCl2F3N2. The number of hydrogen-bond acceptors (Lipinski definition) is 2. The third-order valence-corrected chi connectivity index (χ3v) is 4.13.